The van der Waals surface area contributed by atoms with Gasteiger partial charge in [-0.2, -0.15) is 5.10 Å². The summed E-state index contributed by atoms with van der Waals surface area (Å²) in [6.45, 7) is 2.16. The first kappa shape index (κ1) is 13.2. The van der Waals surface area contributed by atoms with Crippen molar-refractivity contribution in [2.75, 3.05) is 11.9 Å². The second-order valence-electron chi connectivity index (χ2n) is 4.60. The van der Waals surface area contributed by atoms with E-state index < -0.39 is 0 Å². The van der Waals surface area contributed by atoms with Crippen LogP contribution in [0.25, 0.3) is 10.9 Å². The molecule has 1 heterocycles. The fraction of sp³-hybridized carbons (Fsp3) is 0.125. The number of hydrogen-bond donors (Lipinski definition) is 2. The van der Waals surface area contributed by atoms with E-state index in [1.165, 1.54) is 0 Å². The van der Waals surface area contributed by atoms with Crippen molar-refractivity contribution in [2.24, 2.45) is 0 Å². The van der Waals surface area contributed by atoms with Gasteiger partial charge in [-0.15, -0.1) is 0 Å². The molecular weight excluding hydrogens is 266 g/mol. The molecule has 21 heavy (non-hydrogen) atoms. The molecular formula is C16H15N3O2. The van der Waals surface area contributed by atoms with Crippen molar-refractivity contribution < 1.29 is 9.53 Å². The van der Waals surface area contributed by atoms with Gasteiger partial charge in [-0.1, -0.05) is 6.07 Å². The molecule has 0 aliphatic carbocycles. The standard InChI is InChI=1S/C16H15N3O2/c1-2-21-16(20)11-4-3-5-13(8-11)18-14-7-6-12-10-17-19-15(12)9-14/h3-10,18H,2H2,1H3,(H,17,19). The van der Waals surface area contributed by atoms with E-state index in [1.54, 1.807) is 25.3 Å². The average molecular weight is 281 g/mol. The molecule has 0 fully saturated rings. The molecule has 5 nitrogen and oxygen atoms in total. The van der Waals surface area contributed by atoms with Crippen molar-refractivity contribution in [1.82, 2.24) is 10.2 Å². The molecule has 3 aromatic rings. The van der Waals surface area contributed by atoms with Gasteiger partial charge in [-0.25, -0.2) is 4.79 Å². The molecule has 106 valence electrons. The summed E-state index contributed by atoms with van der Waals surface area (Å²) in [6, 6.07) is 13.2. The Morgan fingerprint density at radius 2 is 2.10 bits per heavy atom. The van der Waals surface area contributed by atoms with Crippen molar-refractivity contribution in [2.45, 2.75) is 6.92 Å². The fourth-order valence-corrected chi connectivity index (χ4v) is 2.12. The molecule has 0 amide bonds. The highest BCUT2D eigenvalue weighted by molar-refractivity contribution is 5.91. The van der Waals surface area contributed by atoms with Crippen molar-refractivity contribution in [3.63, 3.8) is 0 Å². The van der Waals surface area contributed by atoms with Crippen LogP contribution in [0.3, 0.4) is 0 Å². The highest BCUT2D eigenvalue weighted by atomic mass is 16.5. The lowest BCUT2D eigenvalue weighted by atomic mass is 10.2. The van der Waals surface area contributed by atoms with Crippen LogP contribution in [0, 0.1) is 0 Å². The number of ether oxygens (including phenoxy) is 1. The van der Waals surface area contributed by atoms with Gasteiger partial charge in [-0.3, -0.25) is 5.10 Å². The van der Waals surface area contributed by atoms with E-state index in [1.807, 2.05) is 30.3 Å². The van der Waals surface area contributed by atoms with E-state index >= 15 is 0 Å². The monoisotopic (exact) mass is 281 g/mol. The van der Waals surface area contributed by atoms with Gasteiger partial charge in [0.25, 0.3) is 0 Å². The van der Waals surface area contributed by atoms with Gasteiger partial charge < -0.3 is 10.1 Å². The van der Waals surface area contributed by atoms with E-state index in [0.717, 1.165) is 22.3 Å². The number of carbonyl (C=O) groups excluding carboxylic acids is 1. The van der Waals surface area contributed by atoms with Crippen LogP contribution in [0.4, 0.5) is 11.4 Å². The van der Waals surface area contributed by atoms with Crippen molar-refractivity contribution in [3.05, 3.63) is 54.2 Å². The van der Waals surface area contributed by atoms with Gasteiger partial charge in [0.15, 0.2) is 0 Å². The Kier molecular flexibility index (Phi) is 3.55. The topological polar surface area (TPSA) is 67.0 Å². The Bertz CT molecular complexity index is 780. The summed E-state index contributed by atoms with van der Waals surface area (Å²) in [5, 5.41) is 11.2. The van der Waals surface area contributed by atoms with Crippen LogP contribution in [0.15, 0.2) is 48.7 Å². The summed E-state index contributed by atoms with van der Waals surface area (Å²) in [4.78, 5) is 11.7. The van der Waals surface area contributed by atoms with Gasteiger partial charge in [-0.05, 0) is 43.3 Å². The summed E-state index contributed by atoms with van der Waals surface area (Å²) in [5.74, 6) is -0.315. The SMILES string of the molecule is CCOC(=O)c1cccc(Nc2ccc3cn[nH]c3c2)c1. The van der Waals surface area contributed by atoms with E-state index in [9.17, 15) is 4.79 Å². The van der Waals surface area contributed by atoms with Gasteiger partial charge in [0.1, 0.15) is 0 Å². The number of nitrogens with one attached hydrogen (secondary N) is 2. The lowest BCUT2D eigenvalue weighted by molar-refractivity contribution is 0.0526. The molecule has 0 spiro atoms. The van der Waals surface area contributed by atoms with Crippen molar-refractivity contribution in [1.29, 1.82) is 0 Å². The molecule has 1 aromatic heterocycles. The highest BCUT2D eigenvalue weighted by Crippen LogP contribution is 2.21. The number of fused-ring (bicyclic) bond motifs is 1. The average Bonchev–Trinajstić information content (AvgIpc) is 2.95. The number of nitrogens with zero attached hydrogens (tertiary/aromatic N) is 1. The number of hydrogen-bond acceptors (Lipinski definition) is 4. The second-order valence-corrected chi connectivity index (χ2v) is 4.60. The lowest BCUT2D eigenvalue weighted by Crippen LogP contribution is -2.04. The quantitative estimate of drug-likeness (QED) is 0.718. The summed E-state index contributed by atoms with van der Waals surface area (Å²) >= 11 is 0. The molecule has 0 bridgehead atoms. The molecule has 0 saturated carbocycles. The predicted octanol–water partition coefficient (Wildman–Crippen LogP) is 3.48. The summed E-state index contributed by atoms with van der Waals surface area (Å²) in [6.07, 6.45) is 1.78. The first-order valence-corrected chi connectivity index (χ1v) is 6.73. The van der Waals surface area contributed by atoms with Crippen LogP contribution in [0.5, 0.6) is 0 Å². The van der Waals surface area contributed by atoms with Crippen LogP contribution in [-0.4, -0.2) is 22.8 Å². The van der Waals surface area contributed by atoms with Crippen molar-refractivity contribution in [3.8, 4) is 0 Å². The number of aromatic amines is 1. The molecule has 0 saturated heterocycles. The molecule has 0 unspecified atom stereocenters. The zero-order valence-electron chi connectivity index (χ0n) is 11.6. The first-order chi connectivity index (χ1) is 10.3. The third-order valence-electron chi connectivity index (χ3n) is 3.10. The van der Waals surface area contributed by atoms with Gasteiger partial charge >= 0.3 is 5.97 Å². The molecule has 0 aliphatic heterocycles. The number of H-pyrrole nitrogens is 1. The minimum atomic E-state index is -0.315. The molecule has 5 heteroatoms. The molecule has 2 aromatic carbocycles. The van der Waals surface area contributed by atoms with Crippen LogP contribution in [0.2, 0.25) is 0 Å². The lowest BCUT2D eigenvalue weighted by Gasteiger charge is -2.08. The summed E-state index contributed by atoms with van der Waals surface area (Å²) < 4.78 is 5.00. The zero-order chi connectivity index (χ0) is 14.7. The van der Waals surface area contributed by atoms with E-state index in [4.69, 9.17) is 4.74 Å². The largest absolute Gasteiger partial charge is 0.462 e. The van der Waals surface area contributed by atoms with E-state index in [-0.39, 0.29) is 5.97 Å². The highest BCUT2D eigenvalue weighted by Gasteiger charge is 2.07. The third kappa shape index (κ3) is 2.86. The Balaban J connectivity index is 1.83. The normalized spacial score (nSPS) is 10.5. The van der Waals surface area contributed by atoms with Crippen LogP contribution in [0.1, 0.15) is 17.3 Å². The number of rotatable bonds is 4. The first-order valence-electron chi connectivity index (χ1n) is 6.73. The fourth-order valence-electron chi connectivity index (χ4n) is 2.12. The summed E-state index contributed by atoms with van der Waals surface area (Å²) in [7, 11) is 0. The number of carbonyl (C=O) groups is 1. The Labute approximate surface area is 121 Å². The minimum absolute atomic E-state index is 0.315. The molecule has 2 N–H and O–H groups in total. The number of esters is 1. The maximum absolute atomic E-state index is 11.7. The molecule has 0 aliphatic rings. The maximum Gasteiger partial charge on any atom is 0.338 e. The number of anilines is 2. The van der Waals surface area contributed by atoms with Gasteiger partial charge in [0.2, 0.25) is 0 Å². The third-order valence-corrected chi connectivity index (χ3v) is 3.10. The van der Waals surface area contributed by atoms with Gasteiger partial charge in [0.05, 0.1) is 23.9 Å². The summed E-state index contributed by atoms with van der Waals surface area (Å²) in [5.41, 5.74) is 3.25. The van der Waals surface area contributed by atoms with Crippen LogP contribution in [-0.2, 0) is 4.74 Å². The van der Waals surface area contributed by atoms with Crippen LogP contribution < -0.4 is 5.32 Å². The molecule has 0 atom stereocenters. The van der Waals surface area contributed by atoms with Crippen LogP contribution >= 0.6 is 0 Å². The Morgan fingerprint density at radius 3 is 2.95 bits per heavy atom. The smallest absolute Gasteiger partial charge is 0.338 e. The molecule has 3 rings (SSSR count). The minimum Gasteiger partial charge on any atom is -0.462 e. The second kappa shape index (κ2) is 5.66. The number of benzene rings is 2. The Hall–Kier alpha value is -2.82. The predicted molar refractivity (Wildman–Crippen MR) is 81.8 cm³/mol. The van der Waals surface area contributed by atoms with Crippen molar-refractivity contribution >= 4 is 28.2 Å². The zero-order valence-corrected chi connectivity index (χ0v) is 11.6. The van der Waals surface area contributed by atoms with Gasteiger partial charge in [0, 0.05) is 16.8 Å². The van der Waals surface area contributed by atoms with E-state index in [2.05, 4.69) is 15.5 Å². The maximum atomic E-state index is 11.7. The van der Waals surface area contributed by atoms with E-state index in [0.29, 0.717) is 12.2 Å². The molecule has 0 radical (unpaired) electrons. The Morgan fingerprint density at radius 1 is 1.24 bits per heavy atom. The number of aromatic nitrogens is 2.